The van der Waals surface area contributed by atoms with Crippen LogP contribution in [0.5, 0.6) is 0 Å². The van der Waals surface area contributed by atoms with Crippen LogP contribution in [0.4, 0.5) is 5.13 Å². The van der Waals surface area contributed by atoms with Crippen LogP contribution in [0.3, 0.4) is 0 Å². The normalized spacial score (nSPS) is 21.3. The molecule has 1 aromatic heterocycles. The van der Waals surface area contributed by atoms with Gasteiger partial charge in [-0.1, -0.05) is 17.4 Å². The molecule has 0 spiro atoms. The van der Waals surface area contributed by atoms with Gasteiger partial charge >= 0.3 is 0 Å². The van der Waals surface area contributed by atoms with Crippen LogP contribution >= 0.6 is 11.3 Å². The van der Waals surface area contributed by atoms with Crippen LogP contribution in [0.15, 0.2) is 18.2 Å². The predicted octanol–water partition coefficient (Wildman–Crippen LogP) is 3.44. The van der Waals surface area contributed by atoms with E-state index >= 15 is 0 Å². The van der Waals surface area contributed by atoms with Crippen LogP contribution in [0.25, 0.3) is 10.2 Å². The third-order valence-electron chi connectivity index (χ3n) is 3.57. The fourth-order valence-electron chi connectivity index (χ4n) is 2.35. The molecule has 2 aromatic rings. The summed E-state index contributed by atoms with van der Waals surface area (Å²) in [4.78, 5) is 4.63. The van der Waals surface area contributed by atoms with Crippen molar-refractivity contribution in [3.63, 3.8) is 0 Å². The van der Waals surface area contributed by atoms with Gasteiger partial charge in [0, 0.05) is 18.6 Å². The number of hydrogen-bond acceptors (Lipinski definition) is 4. The van der Waals surface area contributed by atoms with Crippen LogP contribution < -0.4 is 5.32 Å². The van der Waals surface area contributed by atoms with Crippen LogP contribution in [0, 0.1) is 12.8 Å². The predicted molar refractivity (Wildman–Crippen MR) is 76.4 cm³/mol. The van der Waals surface area contributed by atoms with E-state index in [4.69, 9.17) is 4.74 Å². The zero-order valence-corrected chi connectivity index (χ0v) is 11.6. The molecule has 3 rings (SSSR count). The molecule has 96 valence electrons. The molecule has 0 saturated carbocycles. The molecule has 0 radical (unpaired) electrons. The van der Waals surface area contributed by atoms with Gasteiger partial charge in [0.2, 0.25) is 0 Å². The van der Waals surface area contributed by atoms with Crippen LogP contribution in [0.1, 0.15) is 18.9 Å². The van der Waals surface area contributed by atoms with Gasteiger partial charge in [0.15, 0.2) is 5.13 Å². The molecule has 3 nitrogen and oxygen atoms in total. The van der Waals surface area contributed by atoms with Gasteiger partial charge in [-0.3, -0.25) is 0 Å². The van der Waals surface area contributed by atoms with E-state index in [1.54, 1.807) is 11.3 Å². The van der Waals surface area contributed by atoms with E-state index in [0.29, 0.717) is 12.0 Å². The lowest BCUT2D eigenvalue weighted by Gasteiger charge is -2.18. The fraction of sp³-hybridized carbons (Fsp3) is 0.500. The maximum Gasteiger partial charge on any atom is 0.184 e. The van der Waals surface area contributed by atoms with Gasteiger partial charge in [0.25, 0.3) is 0 Å². The molecule has 0 aliphatic carbocycles. The van der Waals surface area contributed by atoms with E-state index in [-0.39, 0.29) is 0 Å². The largest absolute Gasteiger partial charge is 0.381 e. The summed E-state index contributed by atoms with van der Waals surface area (Å²) >= 11 is 1.74. The van der Waals surface area contributed by atoms with Gasteiger partial charge in [-0.25, -0.2) is 4.98 Å². The number of aromatic nitrogens is 1. The highest BCUT2D eigenvalue weighted by Gasteiger charge is 2.22. The van der Waals surface area contributed by atoms with Crippen LogP contribution in [-0.2, 0) is 4.74 Å². The Labute approximate surface area is 111 Å². The molecule has 1 aromatic carbocycles. The van der Waals surface area contributed by atoms with E-state index in [1.165, 1.54) is 10.3 Å². The molecule has 1 fully saturated rings. The van der Waals surface area contributed by atoms with Crippen molar-refractivity contribution in [2.45, 2.75) is 26.3 Å². The van der Waals surface area contributed by atoms with Crippen LogP contribution in [-0.4, -0.2) is 24.2 Å². The lowest BCUT2D eigenvalue weighted by atomic mass is 10.0. The second-order valence-electron chi connectivity index (χ2n) is 5.05. The number of anilines is 1. The summed E-state index contributed by atoms with van der Waals surface area (Å²) in [6.07, 6.45) is 1.15. The Balaban J connectivity index is 1.77. The van der Waals surface area contributed by atoms with Crippen molar-refractivity contribution in [3.8, 4) is 0 Å². The van der Waals surface area contributed by atoms with Gasteiger partial charge in [-0.15, -0.1) is 0 Å². The Bertz CT molecular complexity index is 546. The standard InChI is InChI=1S/C14H18N2OS/c1-9-3-4-12-13(7-9)18-14(16-12)15-10(2)11-5-6-17-8-11/h3-4,7,10-11H,5-6,8H2,1-2H3,(H,15,16). The molecule has 1 aliphatic rings. The summed E-state index contributed by atoms with van der Waals surface area (Å²) in [6.45, 7) is 6.11. The minimum absolute atomic E-state index is 0.425. The summed E-state index contributed by atoms with van der Waals surface area (Å²) in [5.74, 6) is 0.610. The number of nitrogens with one attached hydrogen (secondary N) is 1. The quantitative estimate of drug-likeness (QED) is 0.920. The second-order valence-corrected chi connectivity index (χ2v) is 6.08. The number of thiazole rings is 1. The van der Waals surface area contributed by atoms with E-state index in [1.807, 2.05) is 0 Å². The van der Waals surface area contributed by atoms with Crippen molar-refractivity contribution in [2.24, 2.45) is 5.92 Å². The highest BCUT2D eigenvalue weighted by molar-refractivity contribution is 7.22. The maximum atomic E-state index is 5.43. The molecule has 1 saturated heterocycles. The highest BCUT2D eigenvalue weighted by Crippen LogP contribution is 2.28. The first-order chi connectivity index (χ1) is 8.72. The molecule has 2 atom stereocenters. The average Bonchev–Trinajstić information content (AvgIpc) is 2.95. The third kappa shape index (κ3) is 2.35. The molecule has 18 heavy (non-hydrogen) atoms. The first kappa shape index (κ1) is 11.9. The summed E-state index contributed by atoms with van der Waals surface area (Å²) < 4.78 is 6.69. The van der Waals surface area contributed by atoms with Gasteiger partial charge in [-0.2, -0.15) is 0 Å². The number of ether oxygens (including phenoxy) is 1. The monoisotopic (exact) mass is 262 g/mol. The zero-order chi connectivity index (χ0) is 12.5. The Morgan fingerprint density at radius 2 is 2.39 bits per heavy atom. The summed E-state index contributed by atoms with van der Waals surface area (Å²) in [6, 6.07) is 6.83. The van der Waals surface area contributed by atoms with Crippen molar-refractivity contribution >= 4 is 26.7 Å². The number of nitrogens with zero attached hydrogens (tertiary/aromatic N) is 1. The Morgan fingerprint density at radius 1 is 1.50 bits per heavy atom. The van der Waals surface area contributed by atoms with Crippen molar-refractivity contribution in [1.82, 2.24) is 4.98 Å². The van der Waals surface area contributed by atoms with E-state index in [2.05, 4.69) is 42.3 Å². The number of hydrogen-bond donors (Lipinski definition) is 1. The molecule has 2 unspecified atom stereocenters. The van der Waals surface area contributed by atoms with Crippen molar-refractivity contribution < 1.29 is 4.74 Å². The fourth-order valence-corrected chi connectivity index (χ4v) is 3.41. The number of aryl methyl sites for hydroxylation is 1. The second kappa shape index (κ2) is 4.86. The third-order valence-corrected chi connectivity index (χ3v) is 4.52. The molecule has 4 heteroatoms. The van der Waals surface area contributed by atoms with Gasteiger partial charge in [0.05, 0.1) is 16.8 Å². The molecular formula is C14H18N2OS. The summed E-state index contributed by atoms with van der Waals surface area (Å²) in [5.41, 5.74) is 2.37. The lowest BCUT2D eigenvalue weighted by Crippen LogP contribution is -2.25. The molecule has 1 aliphatic heterocycles. The smallest absolute Gasteiger partial charge is 0.184 e. The average molecular weight is 262 g/mol. The minimum Gasteiger partial charge on any atom is -0.381 e. The topological polar surface area (TPSA) is 34.2 Å². The summed E-state index contributed by atoms with van der Waals surface area (Å²) in [5, 5.41) is 4.54. The molecule has 1 N–H and O–H groups in total. The van der Waals surface area contributed by atoms with Crippen molar-refractivity contribution in [1.29, 1.82) is 0 Å². The molecule has 0 amide bonds. The first-order valence-corrected chi connectivity index (χ1v) is 7.25. The minimum atomic E-state index is 0.425. The Kier molecular flexibility index (Phi) is 3.22. The number of fused-ring (bicyclic) bond motifs is 1. The first-order valence-electron chi connectivity index (χ1n) is 6.44. The molecular weight excluding hydrogens is 244 g/mol. The van der Waals surface area contributed by atoms with Crippen molar-refractivity contribution in [2.75, 3.05) is 18.5 Å². The van der Waals surface area contributed by atoms with Gasteiger partial charge < -0.3 is 10.1 Å². The van der Waals surface area contributed by atoms with E-state index < -0.39 is 0 Å². The highest BCUT2D eigenvalue weighted by atomic mass is 32.1. The van der Waals surface area contributed by atoms with E-state index in [9.17, 15) is 0 Å². The maximum absolute atomic E-state index is 5.43. The Hall–Kier alpha value is -1.13. The Morgan fingerprint density at radius 3 is 3.17 bits per heavy atom. The summed E-state index contributed by atoms with van der Waals surface area (Å²) in [7, 11) is 0. The number of rotatable bonds is 3. The van der Waals surface area contributed by atoms with Crippen molar-refractivity contribution in [3.05, 3.63) is 23.8 Å². The van der Waals surface area contributed by atoms with Crippen LogP contribution in [0.2, 0.25) is 0 Å². The zero-order valence-electron chi connectivity index (χ0n) is 10.8. The molecule has 2 heterocycles. The molecule has 0 bridgehead atoms. The lowest BCUT2D eigenvalue weighted by molar-refractivity contribution is 0.183. The van der Waals surface area contributed by atoms with Gasteiger partial charge in [-0.05, 0) is 38.0 Å². The SMILES string of the molecule is Cc1ccc2nc(NC(C)C3CCOC3)sc2c1. The van der Waals surface area contributed by atoms with E-state index in [0.717, 1.165) is 30.3 Å². The van der Waals surface area contributed by atoms with Gasteiger partial charge in [0.1, 0.15) is 0 Å². The number of benzene rings is 1.